The third-order valence-electron chi connectivity index (χ3n) is 5.58. The van der Waals surface area contributed by atoms with Crippen LogP contribution in [0.4, 0.5) is 0 Å². The van der Waals surface area contributed by atoms with Gasteiger partial charge in [0.15, 0.2) is 0 Å². The fourth-order valence-corrected chi connectivity index (χ4v) is 5.12. The Balaban J connectivity index is 1.56. The van der Waals surface area contributed by atoms with Gasteiger partial charge in [-0.25, -0.2) is 0 Å². The molecule has 0 unspecified atom stereocenters. The van der Waals surface area contributed by atoms with E-state index in [1.54, 1.807) is 11.3 Å². The second-order valence-corrected chi connectivity index (χ2v) is 8.81. The van der Waals surface area contributed by atoms with Gasteiger partial charge in [0.05, 0.1) is 5.56 Å². The predicted molar refractivity (Wildman–Crippen MR) is 92.0 cm³/mol. The van der Waals surface area contributed by atoms with E-state index in [0.717, 1.165) is 36.2 Å². The van der Waals surface area contributed by atoms with E-state index in [1.807, 2.05) is 0 Å². The van der Waals surface area contributed by atoms with Crippen LogP contribution in [0.3, 0.4) is 0 Å². The standard InChI is InChI=1S/C19H25NO2S/c1-11-8-14(11)15(21)9-17-18(19(22)20-10-12-6-7-12)13-4-2-3-5-16(13)23-17/h11-12,14H,2-10H2,1H3,(H,20,22)/t11-,14+/m1/s1. The van der Waals surface area contributed by atoms with Gasteiger partial charge < -0.3 is 5.32 Å². The second kappa shape index (κ2) is 6.04. The van der Waals surface area contributed by atoms with Gasteiger partial charge in [-0.15, -0.1) is 11.3 Å². The highest BCUT2D eigenvalue weighted by atomic mass is 32.1. The van der Waals surface area contributed by atoms with Gasteiger partial charge in [-0.1, -0.05) is 6.92 Å². The molecule has 0 bridgehead atoms. The van der Waals surface area contributed by atoms with Crippen LogP contribution in [-0.4, -0.2) is 18.2 Å². The molecule has 0 aliphatic heterocycles. The number of ketones is 1. The van der Waals surface area contributed by atoms with Crippen molar-refractivity contribution in [2.45, 2.75) is 58.3 Å². The van der Waals surface area contributed by atoms with Gasteiger partial charge in [0.25, 0.3) is 5.91 Å². The third kappa shape index (κ3) is 3.23. The Morgan fingerprint density at radius 3 is 2.65 bits per heavy atom. The fraction of sp³-hybridized carbons (Fsp3) is 0.684. The van der Waals surface area contributed by atoms with E-state index in [9.17, 15) is 9.59 Å². The first kappa shape index (κ1) is 15.4. The summed E-state index contributed by atoms with van der Waals surface area (Å²) in [7, 11) is 0. The summed E-state index contributed by atoms with van der Waals surface area (Å²) in [6, 6.07) is 0. The molecule has 1 amide bonds. The zero-order valence-corrected chi connectivity index (χ0v) is 14.6. The molecule has 124 valence electrons. The number of aryl methyl sites for hydroxylation is 1. The number of thiophene rings is 1. The van der Waals surface area contributed by atoms with Gasteiger partial charge in [0, 0.05) is 28.6 Å². The summed E-state index contributed by atoms with van der Waals surface area (Å²) in [5, 5.41) is 3.12. The molecule has 0 saturated heterocycles. The number of nitrogens with one attached hydrogen (secondary N) is 1. The molecule has 4 rings (SSSR count). The predicted octanol–water partition coefficient (Wildman–Crippen LogP) is 3.53. The maximum absolute atomic E-state index is 12.7. The molecule has 2 atom stereocenters. The molecular formula is C19H25NO2S. The molecule has 3 nitrogen and oxygen atoms in total. The van der Waals surface area contributed by atoms with Crippen molar-refractivity contribution < 1.29 is 9.59 Å². The molecular weight excluding hydrogens is 306 g/mol. The summed E-state index contributed by atoms with van der Waals surface area (Å²) in [6.07, 6.45) is 8.46. The number of Topliss-reactive ketones (excluding diaryl/α,β-unsaturated/α-hetero) is 1. The van der Waals surface area contributed by atoms with Gasteiger partial charge in [-0.05, 0) is 62.3 Å². The molecule has 0 radical (unpaired) electrons. The number of amides is 1. The lowest BCUT2D eigenvalue weighted by Crippen LogP contribution is -2.27. The normalized spacial score (nSPS) is 25.8. The van der Waals surface area contributed by atoms with Gasteiger partial charge in [0.2, 0.25) is 0 Å². The van der Waals surface area contributed by atoms with E-state index >= 15 is 0 Å². The molecule has 4 heteroatoms. The summed E-state index contributed by atoms with van der Waals surface area (Å²) in [5.41, 5.74) is 2.12. The Bertz CT molecular complexity index is 644. The summed E-state index contributed by atoms with van der Waals surface area (Å²) in [4.78, 5) is 27.6. The first-order valence-electron chi connectivity index (χ1n) is 9.07. The van der Waals surface area contributed by atoms with Gasteiger partial charge >= 0.3 is 0 Å². The van der Waals surface area contributed by atoms with Crippen LogP contribution in [0.1, 0.15) is 64.7 Å². The molecule has 0 spiro atoms. The third-order valence-corrected chi connectivity index (χ3v) is 6.87. The summed E-state index contributed by atoms with van der Waals surface area (Å²) in [5.74, 6) is 1.89. The van der Waals surface area contributed by atoms with Gasteiger partial charge in [0.1, 0.15) is 5.78 Å². The fourth-order valence-electron chi connectivity index (χ4n) is 3.72. The molecule has 0 aromatic carbocycles. The average molecular weight is 331 g/mol. The molecule has 2 fully saturated rings. The van der Waals surface area contributed by atoms with Crippen molar-refractivity contribution in [3.05, 3.63) is 20.9 Å². The van der Waals surface area contributed by atoms with E-state index in [1.165, 1.54) is 36.1 Å². The maximum atomic E-state index is 12.7. The van der Waals surface area contributed by atoms with Gasteiger partial charge in [-0.2, -0.15) is 0 Å². The van der Waals surface area contributed by atoms with Crippen molar-refractivity contribution in [1.29, 1.82) is 0 Å². The highest BCUT2D eigenvalue weighted by molar-refractivity contribution is 7.12. The average Bonchev–Trinajstić information content (AvgIpc) is 3.44. The van der Waals surface area contributed by atoms with E-state index in [4.69, 9.17) is 0 Å². The van der Waals surface area contributed by atoms with Crippen molar-refractivity contribution in [1.82, 2.24) is 5.32 Å². The first-order chi connectivity index (χ1) is 11.1. The van der Waals surface area contributed by atoms with Gasteiger partial charge in [-0.3, -0.25) is 9.59 Å². The minimum absolute atomic E-state index is 0.0722. The van der Waals surface area contributed by atoms with Crippen LogP contribution in [0.15, 0.2) is 0 Å². The minimum Gasteiger partial charge on any atom is -0.352 e. The maximum Gasteiger partial charge on any atom is 0.252 e. The number of carbonyl (C=O) groups excluding carboxylic acids is 2. The SMILES string of the molecule is C[C@@H]1C[C@@H]1C(=O)Cc1sc2c(c1C(=O)NCC1CC1)CCCC2. The van der Waals surface area contributed by atoms with Crippen molar-refractivity contribution in [2.75, 3.05) is 6.54 Å². The number of carbonyl (C=O) groups is 2. The van der Waals surface area contributed by atoms with Crippen molar-refractivity contribution >= 4 is 23.0 Å². The molecule has 23 heavy (non-hydrogen) atoms. The Hall–Kier alpha value is -1.16. The Kier molecular flexibility index (Phi) is 4.04. The van der Waals surface area contributed by atoms with Crippen LogP contribution in [0.2, 0.25) is 0 Å². The summed E-state index contributed by atoms with van der Waals surface area (Å²) < 4.78 is 0. The molecule has 1 N–H and O–H groups in total. The highest BCUT2D eigenvalue weighted by Crippen LogP contribution is 2.41. The lowest BCUT2D eigenvalue weighted by atomic mass is 9.93. The van der Waals surface area contributed by atoms with Crippen molar-refractivity contribution in [2.24, 2.45) is 17.8 Å². The van der Waals surface area contributed by atoms with Crippen LogP contribution >= 0.6 is 11.3 Å². The largest absolute Gasteiger partial charge is 0.352 e. The zero-order valence-electron chi connectivity index (χ0n) is 13.8. The smallest absolute Gasteiger partial charge is 0.252 e. The Morgan fingerprint density at radius 2 is 1.96 bits per heavy atom. The molecule has 1 heterocycles. The monoisotopic (exact) mass is 331 g/mol. The second-order valence-electron chi connectivity index (χ2n) is 7.63. The summed E-state index contributed by atoms with van der Waals surface area (Å²) >= 11 is 1.73. The molecule has 3 aliphatic carbocycles. The quantitative estimate of drug-likeness (QED) is 0.867. The van der Waals surface area contributed by atoms with Crippen molar-refractivity contribution in [3.63, 3.8) is 0 Å². The van der Waals surface area contributed by atoms with Crippen LogP contribution in [-0.2, 0) is 24.1 Å². The van der Waals surface area contributed by atoms with E-state index in [2.05, 4.69) is 12.2 Å². The number of hydrogen-bond acceptors (Lipinski definition) is 3. The zero-order chi connectivity index (χ0) is 16.0. The topological polar surface area (TPSA) is 46.2 Å². The number of hydrogen-bond donors (Lipinski definition) is 1. The van der Waals surface area contributed by atoms with Crippen LogP contribution in [0, 0.1) is 17.8 Å². The lowest BCUT2D eigenvalue weighted by molar-refractivity contribution is -0.119. The van der Waals surface area contributed by atoms with Crippen molar-refractivity contribution in [3.8, 4) is 0 Å². The lowest BCUT2D eigenvalue weighted by Gasteiger charge is -2.13. The molecule has 2 saturated carbocycles. The highest BCUT2D eigenvalue weighted by Gasteiger charge is 2.39. The molecule has 3 aliphatic rings. The number of fused-ring (bicyclic) bond motifs is 1. The van der Waals surface area contributed by atoms with Crippen LogP contribution < -0.4 is 5.32 Å². The van der Waals surface area contributed by atoms with E-state index in [0.29, 0.717) is 24.0 Å². The molecule has 1 aromatic rings. The summed E-state index contributed by atoms with van der Waals surface area (Å²) in [6.45, 7) is 2.95. The number of rotatable bonds is 6. The van der Waals surface area contributed by atoms with Crippen LogP contribution in [0.5, 0.6) is 0 Å². The van der Waals surface area contributed by atoms with Crippen LogP contribution in [0.25, 0.3) is 0 Å². The Morgan fingerprint density at radius 1 is 1.22 bits per heavy atom. The first-order valence-corrected chi connectivity index (χ1v) is 9.89. The Labute approximate surface area is 141 Å². The minimum atomic E-state index is 0.0722. The molecule has 1 aromatic heterocycles. The van der Waals surface area contributed by atoms with E-state index < -0.39 is 0 Å². The van der Waals surface area contributed by atoms with E-state index in [-0.39, 0.29) is 11.8 Å².